The molecule has 1 heterocycles. The van der Waals surface area contributed by atoms with Crippen molar-refractivity contribution in [2.24, 2.45) is 0 Å². The molecule has 0 aliphatic carbocycles. The van der Waals surface area contributed by atoms with E-state index in [1.54, 1.807) is 31.2 Å². The summed E-state index contributed by atoms with van der Waals surface area (Å²) < 4.78 is 13.9. The predicted octanol–water partition coefficient (Wildman–Crippen LogP) is 2.62. The summed E-state index contributed by atoms with van der Waals surface area (Å²) in [5.41, 5.74) is 8.52. The van der Waals surface area contributed by atoms with Gasteiger partial charge in [-0.3, -0.25) is 10.2 Å². The van der Waals surface area contributed by atoms with Gasteiger partial charge in [0, 0.05) is 17.3 Å². The van der Waals surface area contributed by atoms with Crippen molar-refractivity contribution < 1.29 is 9.18 Å². The number of carbonyl (C=O) groups excluding carboxylic acids is 1. The first-order chi connectivity index (χ1) is 12.5. The molecule has 2 aromatic carbocycles. The zero-order valence-corrected chi connectivity index (χ0v) is 14.7. The van der Waals surface area contributed by atoms with E-state index in [1.807, 2.05) is 6.07 Å². The minimum absolute atomic E-state index is 0.0685. The Balaban J connectivity index is 1.86. The first-order valence-electron chi connectivity index (χ1n) is 8.73. The number of amides is 1. The van der Waals surface area contributed by atoms with Crippen LogP contribution in [-0.4, -0.2) is 30.8 Å². The van der Waals surface area contributed by atoms with Gasteiger partial charge in [0.2, 0.25) is 0 Å². The second-order valence-electron chi connectivity index (χ2n) is 6.59. The Labute approximate surface area is 152 Å². The van der Waals surface area contributed by atoms with Crippen LogP contribution in [0.2, 0.25) is 0 Å². The fourth-order valence-electron chi connectivity index (χ4n) is 3.21. The van der Waals surface area contributed by atoms with E-state index in [0.29, 0.717) is 16.8 Å². The van der Waals surface area contributed by atoms with Crippen molar-refractivity contribution in [2.75, 3.05) is 18.8 Å². The third kappa shape index (κ3) is 3.75. The average Bonchev–Trinajstić information content (AvgIpc) is 2.65. The number of carbonyl (C=O) groups is 1. The van der Waals surface area contributed by atoms with Crippen LogP contribution in [0.4, 0.5) is 10.1 Å². The van der Waals surface area contributed by atoms with Crippen molar-refractivity contribution in [3.63, 3.8) is 0 Å². The highest BCUT2D eigenvalue weighted by molar-refractivity contribution is 6.45. The molecule has 0 atom stereocenters. The molecule has 0 aromatic heterocycles. The Hall–Kier alpha value is -2.73. The normalized spacial score (nSPS) is 14.8. The lowest BCUT2D eigenvalue weighted by Gasteiger charge is -2.24. The number of hydrogen-bond donors (Lipinski definition) is 4. The zero-order valence-electron chi connectivity index (χ0n) is 14.7. The van der Waals surface area contributed by atoms with Crippen molar-refractivity contribution in [2.45, 2.75) is 25.8 Å². The number of nitrogen functional groups attached to an aromatic ring is 1. The molecule has 6 heteroatoms. The van der Waals surface area contributed by atoms with Gasteiger partial charge in [-0.15, -0.1) is 0 Å². The second-order valence-corrected chi connectivity index (χ2v) is 6.59. The van der Waals surface area contributed by atoms with Gasteiger partial charge in [-0.25, -0.2) is 4.39 Å². The Morgan fingerprint density at radius 1 is 1.27 bits per heavy atom. The Kier molecular flexibility index (Phi) is 5.32. The topological polar surface area (TPSA) is 91.0 Å². The highest BCUT2D eigenvalue weighted by Crippen LogP contribution is 2.28. The molecule has 0 unspecified atom stereocenters. The summed E-state index contributed by atoms with van der Waals surface area (Å²) in [5.74, 6) is -0.726. The molecule has 0 radical (unpaired) electrons. The van der Waals surface area contributed by atoms with E-state index in [1.165, 1.54) is 6.07 Å². The number of nitrogens with two attached hydrogens (primary N) is 1. The van der Waals surface area contributed by atoms with E-state index in [2.05, 4.69) is 10.6 Å². The number of halogens is 1. The van der Waals surface area contributed by atoms with Crippen LogP contribution in [0.1, 0.15) is 24.0 Å². The van der Waals surface area contributed by atoms with Gasteiger partial charge in [-0.05, 0) is 67.7 Å². The maximum atomic E-state index is 13.9. The van der Waals surface area contributed by atoms with Crippen LogP contribution in [0.5, 0.6) is 0 Å². The van der Waals surface area contributed by atoms with Crippen molar-refractivity contribution in [1.29, 1.82) is 5.41 Å². The maximum Gasteiger partial charge on any atom is 0.270 e. The van der Waals surface area contributed by atoms with E-state index in [0.717, 1.165) is 37.1 Å². The second kappa shape index (κ2) is 7.66. The van der Waals surface area contributed by atoms with Gasteiger partial charge in [0.1, 0.15) is 11.5 Å². The summed E-state index contributed by atoms with van der Waals surface area (Å²) in [4.78, 5) is 12.5. The third-order valence-electron chi connectivity index (χ3n) is 4.80. The monoisotopic (exact) mass is 354 g/mol. The van der Waals surface area contributed by atoms with E-state index in [-0.39, 0.29) is 17.6 Å². The summed E-state index contributed by atoms with van der Waals surface area (Å²) in [6.07, 6.45) is 1.69. The fourth-order valence-corrected chi connectivity index (χ4v) is 3.21. The smallest absolute Gasteiger partial charge is 0.270 e. The molecule has 5 N–H and O–H groups in total. The number of anilines is 1. The molecule has 1 amide bonds. The molecule has 3 rings (SSSR count). The SMILES string of the molecule is Cc1c(F)cccc1-c1ccc(N)c(C(=N)C(=O)NC2CCNCC2)c1. The van der Waals surface area contributed by atoms with Gasteiger partial charge >= 0.3 is 0 Å². The van der Waals surface area contributed by atoms with Crippen molar-refractivity contribution in [3.8, 4) is 11.1 Å². The predicted molar refractivity (Wildman–Crippen MR) is 102 cm³/mol. The first-order valence-corrected chi connectivity index (χ1v) is 8.73. The molecule has 1 fully saturated rings. The van der Waals surface area contributed by atoms with Crippen LogP contribution in [0.3, 0.4) is 0 Å². The minimum Gasteiger partial charge on any atom is -0.398 e. The van der Waals surface area contributed by atoms with Crippen LogP contribution >= 0.6 is 0 Å². The van der Waals surface area contributed by atoms with Crippen LogP contribution in [0.25, 0.3) is 11.1 Å². The summed E-state index contributed by atoms with van der Waals surface area (Å²) in [7, 11) is 0. The molecule has 136 valence electrons. The van der Waals surface area contributed by atoms with Gasteiger partial charge in [0.25, 0.3) is 5.91 Å². The number of nitrogens with one attached hydrogen (secondary N) is 3. The minimum atomic E-state index is -0.434. The molecule has 5 nitrogen and oxygen atoms in total. The summed E-state index contributed by atoms with van der Waals surface area (Å²) in [6, 6.07) is 10.0. The first kappa shape index (κ1) is 18.1. The zero-order chi connectivity index (χ0) is 18.7. The highest BCUT2D eigenvalue weighted by atomic mass is 19.1. The largest absolute Gasteiger partial charge is 0.398 e. The molecule has 1 saturated heterocycles. The molecule has 0 spiro atoms. The molecule has 0 saturated carbocycles. The van der Waals surface area contributed by atoms with Gasteiger partial charge in [-0.2, -0.15) is 0 Å². The Morgan fingerprint density at radius 2 is 2.00 bits per heavy atom. The van der Waals surface area contributed by atoms with Gasteiger partial charge < -0.3 is 16.4 Å². The van der Waals surface area contributed by atoms with Crippen LogP contribution in [-0.2, 0) is 4.79 Å². The lowest BCUT2D eigenvalue weighted by Crippen LogP contribution is -2.45. The molecule has 0 bridgehead atoms. The van der Waals surface area contributed by atoms with Gasteiger partial charge in [-0.1, -0.05) is 18.2 Å². The van der Waals surface area contributed by atoms with Crippen LogP contribution in [0.15, 0.2) is 36.4 Å². The number of piperidine rings is 1. The summed E-state index contributed by atoms with van der Waals surface area (Å²) in [5, 5.41) is 14.4. The quantitative estimate of drug-likeness (QED) is 0.502. The number of rotatable bonds is 4. The van der Waals surface area contributed by atoms with Gasteiger partial charge in [0.05, 0.1) is 0 Å². The lowest BCUT2D eigenvalue weighted by atomic mass is 9.96. The standard InChI is InChI=1S/C20H23FN4O/c1-12-15(3-2-4-17(12)21)13-5-6-18(22)16(11-13)19(23)20(26)25-14-7-9-24-10-8-14/h2-6,11,14,23-24H,7-10,22H2,1H3,(H,25,26). The van der Waals surface area contributed by atoms with E-state index >= 15 is 0 Å². The maximum absolute atomic E-state index is 13.9. The van der Waals surface area contributed by atoms with Gasteiger partial charge in [0.15, 0.2) is 0 Å². The Morgan fingerprint density at radius 3 is 2.73 bits per heavy atom. The van der Waals surface area contributed by atoms with E-state index in [9.17, 15) is 9.18 Å². The molecule has 1 aliphatic heterocycles. The third-order valence-corrected chi connectivity index (χ3v) is 4.80. The fraction of sp³-hybridized carbons (Fsp3) is 0.300. The molecular weight excluding hydrogens is 331 g/mol. The molecule has 2 aromatic rings. The summed E-state index contributed by atoms with van der Waals surface area (Å²) >= 11 is 0. The van der Waals surface area contributed by atoms with E-state index in [4.69, 9.17) is 11.1 Å². The van der Waals surface area contributed by atoms with Crippen molar-refractivity contribution in [3.05, 3.63) is 53.3 Å². The van der Waals surface area contributed by atoms with E-state index < -0.39 is 5.91 Å². The Bertz CT molecular complexity index is 844. The molecule has 26 heavy (non-hydrogen) atoms. The summed E-state index contributed by atoms with van der Waals surface area (Å²) in [6.45, 7) is 3.42. The molecular formula is C20H23FN4O. The van der Waals surface area contributed by atoms with Crippen LogP contribution < -0.4 is 16.4 Å². The lowest BCUT2D eigenvalue weighted by molar-refractivity contribution is -0.115. The number of benzene rings is 2. The molecule has 1 aliphatic rings. The number of hydrogen-bond acceptors (Lipinski definition) is 4. The van der Waals surface area contributed by atoms with Crippen molar-refractivity contribution in [1.82, 2.24) is 10.6 Å². The average molecular weight is 354 g/mol. The van der Waals surface area contributed by atoms with Crippen LogP contribution in [0, 0.1) is 18.2 Å². The van der Waals surface area contributed by atoms with Crippen molar-refractivity contribution >= 4 is 17.3 Å². The highest BCUT2D eigenvalue weighted by Gasteiger charge is 2.21.